The molecule has 0 saturated carbocycles. The van der Waals surface area contributed by atoms with Crippen molar-refractivity contribution in [2.24, 2.45) is 18.1 Å². The molecule has 190 valence electrons. The van der Waals surface area contributed by atoms with E-state index in [2.05, 4.69) is 18.4 Å². The second-order valence-electron chi connectivity index (χ2n) is 8.09. The van der Waals surface area contributed by atoms with E-state index >= 15 is 0 Å². The fourth-order valence-electron chi connectivity index (χ4n) is 4.16. The third kappa shape index (κ3) is 5.85. The Bertz CT molecular complexity index is 1390. The number of aromatic hydroxyl groups is 1. The van der Waals surface area contributed by atoms with E-state index < -0.39 is 26.1 Å². The summed E-state index contributed by atoms with van der Waals surface area (Å²) in [6, 6.07) is 14.7. The summed E-state index contributed by atoms with van der Waals surface area (Å²) in [5, 5.41) is 10.5. The summed E-state index contributed by atoms with van der Waals surface area (Å²) in [5.74, 6) is -6.18. The maximum atomic E-state index is 10.5. The molecule has 0 aromatic heterocycles. The van der Waals surface area contributed by atoms with Crippen LogP contribution < -0.4 is 4.52 Å². The van der Waals surface area contributed by atoms with E-state index in [0.717, 1.165) is 18.4 Å². The van der Waals surface area contributed by atoms with E-state index in [-0.39, 0.29) is 5.75 Å². The number of halogens is 5. The largest absolute Gasteiger partial charge is 0.508 e. The van der Waals surface area contributed by atoms with Crippen molar-refractivity contribution in [1.29, 1.82) is 0 Å². The number of phenols is 1. The Hall–Kier alpha value is 0.330. The highest BCUT2D eigenvalue weighted by Gasteiger charge is 2.44. The molecule has 0 radical (unpaired) electrons. The summed E-state index contributed by atoms with van der Waals surface area (Å²) in [4.78, 5) is 0. The number of rotatable bonds is 2. The van der Waals surface area contributed by atoms with Crippen molar-refractivity contribution in [2.75, 3.05) is 13.1 Å². The zero-order chi connectivity index (χ0) is 24.9. The van der Waals surface area contributed by atoms with Gasteiger partial charge in [0, 0.05) is 37.3 Å². The average molecular weight is 655 g/mol. The lowest BCUT2D eigenvalue weighted by molar-refractivity contribution is 0.395. The summed E-state index contributed by atoms with van der Waals surface area (Å²) in [6.07, 6.45) is 1.74. The van der Waals surface area contributed by atoms with Gasteiger partial charge in [-0.3, -0.25) is 0 Å². The van der Waals surface area contributed by atoms with Crippen LogP contribution in [0.2, 0.25) is 0 Å². The summed E-state index contributed by atoms with van der Waals surface area (Å²) >= 11 is 34.0. The molecule has 35 heavy (non-hydrogen) atoms. The van der Waals surface area contributed by atoms with Crippen LogP contribution in [0.15, 0.2) is 66.6 Å². The van der Waals surface area contributed by atoms with Gasteiger partial charge in [0.05, 0.1) is 0 Å². The number of para-hydroxylation sites is 2. The highest BCUT2D eigenvalue weighted by atomic mass is 35.9. The molecular formula is C18H21Cl5N6O2P4. The molecule has 1 N–H and O–H groups in total. The number of hydrogen-bond donors (Lipinski definition) is 1. The van der Waals surface area contributed by atoms with Crippen LogP contribution in [0.25, 0.3) is 0 Å². The molecule has 4 aliphatic rings. The van der Waals surface area contributed by atoms with Crippen LogP contribution in [0.5, 0.6) is 11.5 Å². The lowest BCUT2D eigenvalue weighted by Crippen LogP contribution is -2.29. The van der Waals surface area contributed by atoms with Crippen molar-refractivity contribution >= 4 is 82.3 Å². The maximum absolute atomic E-state index is 10.5. The average Bonchev–Trinajstić information content (AvgIpc) is 2.88. The standard InChI is InChI=1S/C18H21Cl5N6O2P4/c19-32(20)24-34(23)25-33(21,22)27-35(26-32)28(13-15-7-1-3-9-17(15)30)11-5-6-12-29(35)14-16-8-2-4-10-18(16)31-34/h1-4,7-10,30H,5-6,11-14H2/t34-,35+. The van der Waals surface area contributed by atoms with Crippen molar-refractivity contribution in [2.45, 2.75) is 25.9 Å². The van der Waals surface area contributed by atoms with Gasteiger partial charge in [0.1, 0.15) is 11.5 Å². The van der Waals surface area contributed by atoms with Gasteiger partial charge in [-0.15, -0.1) is 0 Å². The number of benzene rings is 2. The Morgan fingerprint density at radius 2 is 1.51 bits per heavy atom. The molecule has 1 fully saturated rings. The van der Waals surface area contributed by atoms with Crippen LogP contribution >= 0.6 is 82.3 Å². The molecule has 17 heteroatoms. The number of fused-ring (bicyclic) bond motifs is 2. The lowest BCUT2D eigenvalue weighted by Gasteiger charge is -2.41. The van der Waals surface area contributed by atoms with Crippen molar-refractivity contribution in [3.63, 3.8) is 0 Å². The monoisotopic (exact) mass is 652 g/mol. The first-order valence-electron chi connectivity index (χ1n) is 10.6. The first kappa shape index (κ1) is 26.9. The van der Waals surface area contributed by atoms with Gasteiger partial charge in [-0.05, 0) is 81.2 Å². The predicted molar refractivity (Wildman–Crippen MR) is 152 cm³/mol. The Kier molecular flexibility index (Phi) is 7.80. The molecule has 8 nitrogen and oxygen atoms in total. The second kappa shape index (κ2) is 10.1. The topological polar surface area (TPSA) is 85.4 Å². The maximum Gasteiger partial charge on any atom is 0.350 e. The van der Waals surface area contributed by atoms with Crippen LogP contribution in [0, 0.1) is 0 Å². The Morgan fingerprint density at radius 1 is 0.829 bits per heavy atom. The highest BCUT2D eigenvalue weighted by molar-refractivity contribution is 8.18. The molecule has 0 amide bonds. The van der Waals surface area contributed by atoms with Crippen LogP contribution in [-0.2, 0) is 13.1 Å². The molecule has 0 unspecified atom stereocenters. The van der Waals surface area contributed by atoms with Gasteiger partial charge in [-0.1, -0.05) is 36.4 Å². The van der Waals surface area contributed by atoms with Gasteiger partial charge in [-0.2, -0.15) is 18.1 Å². The molecule has 4 aliphatic heterocycles. The molecular weight excluding hydrogens is 633 g/mol. The number of hydrogen-bond acceptors (Lipinski definition) is 8. The normalized spacial score (nSPS) is 30.0. The molecule has 2 bridgehead atoms. The minimum absolute atomic E-state index is 0.170. The van der Waals surface area contributed by atoms with Crippen LogP contribution in [0.1, 0.15) is 24.0 Å². The van der Waals surface area contributed by atoms with E-state index in [9.17, 15) is 5.11 Å². The molecule has 4 heterocycles. The molecule has 2 atom stereocenters. The first-order valence-corrected chi connectivity index (χ1v) is 21.7. The lowest BCUT2D eigenvalue weighted by atomic mass is 10.2. The summed E-state index contributed by atoms with van der Waals surface area (Å²) < 4.78 is 29.3. The van der Waals surface area contributed by atoms with Gasteiger partial charge in [0.15, 0.2) is 0 Å². The third-order valence-electron chi connectivity index (χ3n) is 5.62. The minimum atomic E-state index is -3.53. The van der Waals surface area contributed by atoms with Crippen LogP contribution in [-0.4, -0.2) is 27.5 Å². The van der Waals surface area contributed by atoms with Crippen LogP contribution in [0.3, 0.4) is 0 Å². The SMILES string of the molecule is Oc1ccccc1CN1CCCCN2Cc3ccccc3O[P@]3(Cl)=NP(Cl)(Cl)=N[P@]12=NP(Cl)(Cl)=N3. The van der Waals surface area contributed by atoms with Crippen LogP contribution in [0.4, 0.5) is 0 Å². The molecule has 6 rings (SSSR count). The number of nitrogens with zero attached hydrogens (tertiary/aromatic N) is 6. The first-order chi connectivity index (χ1) is 16.5. The van der Waals surface area contributed by atoms with E-state index in [4.69, 9.17) is 69.8 Å². The third-order valence-corrected chi connectivity index (χ3v) is 21.7. The zero-order valence-electron chi connectivity index (χ0n) is 18.1. The van der Waals surface area contributed by atoms with Gasteiger partial charge in [0.25, 0.3) is 11.8 Å². The van der Waals surface area contributed by atoms with E-state index in [1.807, 2.05) is 30.3 Å². The van der Waals surface area contributed by atoms with Gasteiger partial charge >= 0.3 is 6.78 Å². The second-order valence-corrected chi connectivity index (χ2v) is 24.1. The van der Waals surface area contributed by atoms with Crippen molar-refractivity contribution in [3.05, 3.63) is 59.7 Å². The fourth-order valence-corrected chi connectivity index (χ4v) is 24.6. The molecule has 0 aliphatic carbocycles. The smallest absolute Gasteiger partial charge is 0.350 e. The summed E-state index contributed by atoms with van der Waals surface area (Å²) in [6.45, 7) is -1.49. The zero-order valence-corrected chi connectivity index (χ0v) is 25.4. The predicted octanol–water partition coefficient (Wildman–Crippen LogP) is 10.9. The van der Waals surface area contributed by atoms with Gasteiger partial charge < -0.3 is 9.63 Å². The van der Waals surface area contributed by atoms with Gasteiger partial charge in [0.2, 0.25) is 7.51 Å². The molecule has 1 saturated heterocycles. The Morgan fingerprint density at radius 3 is 2.31 bits per heavy atom. The summed E-state index contributed by atoms with van der Waals surface area (Å²) in [5.41, 5.74) is 1.60. The van der Waals surface area contributed by atoms with Crippen molar-refractivity contribution < 1.29 is 9.63 Å². The molecule has 1 spiro atoms. The van der Waals surface area contributed by atoms with Crippen molar-refractivity contribution in [1.82, 2.24) is 9.34 Å². The minimum Gasteiger partial charge on any atom is -0.508 e. The molecule has 2 aromatic carbocycles. The molecule has 2 aromatic rings. The number of phenolic OH excluding ortho intramolecular Hbond substituents is 1. The quantitative estimate of drug-likeness (QED) is 0.327. The summed E-state index contributed by atoms with van der Waals surface area (Å²) in [7, 11) is -3.15. The van der Waals surface area contributed by atoms with Gasteiger partial charge in [-0.25, -0.2) is 9.34 Å². The van der Waals surface area contributed by atoms with E-state index in [1.54, 1.807) is 18.2 Å². The van der Waals surface area contributed by atoms with E-state index in [0.29, 0.717) is 37.5 Å². The van der Waals surface area contributed by atoms with Crippen molar-refractivity contribution in [3.8, 4) is 11.5 Å². The Labute approximate surface area is 228 Å². The van der Waals surface area contributed by atoms with E-state index in [1.165, 1.54) is 0 Å². The fraction of sp³-hybridized carbons (Fsp3) is 0.333. The highest BCUT2D eigenvalue weighted by Crippen LogP contribution is 2.86. The Balaban J connectivity index is 1.83.